The summed E-state index contributed by atoms with van der Waals surface area (Å²) < 4.78 is 0. The number of rotatable bonds is 3. The first-order chi connectivity index (χ1) is 7.42. The van der Waals surface area contributed by atoms with Crippen molar-refractivity contribution in [3.8, 4) is 0 Å². The van der Waals surface area contributed by atoms with Crippen LogP contribution in [0.2, 0.25) is 0 Å². The monoisotopic (exact) mass is 195 g/mol. The first-order valence-corrected chi connectivity index (χ1v) is 5.39. The van der Waals surface area contributed by atoms with Crippen molar-refractivity contribution in [3.63, 3.8) is 0 Å². The van der Waals surface area contributed by atoms with Crippen LogP contribution in [0.3, 0.4) is 0 Å². The summed E-state index contributed by atoms with van der Waals surface area (Å²) in [6.45, 7) is 2.15. The third-order valence-electron chi connectivity index (χ3n) is 2.47. The summed E-state index contributed by atoms with van der Waals surface area (Å²) in [5, 5.41) is 2.62. The molecular formula is C15H15. The molecule has 0 amide bonds. The van der Waals surface area contributed by atoms with Gasteiger partial charge in [0.15, 0.2) is 0 Å². The molecule has 0 saturated carbocycles. The largest absolute Gasteiger partial charge is 0.0882 e. The van der Waals surface area contributed by atoms with Gasteiger partial charge in [-0.2, -0.15) is 0 Å². The highest BCUT2D eigenvalue weighted by atomic mass is 14.0. The van der Waals surface area contributed by atoms with Gasteiger partial charge >= 0.3 is 0 Å². The Kier molecular flexibility index (Phi) is 3.18. The Morgan fingerprint density at radius 2 is 1.80 bits per heavy atom. The topological polar surface area (TPSA) is 0 Å². The van der Waals surface area contributed by atoms with Gasteiger partial charge in [-0.05, 0) is 22.8 Å². The van der Waals surface area contributed by atoms with E-state index in [-0.39, 0.29) is 0 Å². The molecule has 0 aliphatic carbocycles. The summed E-state index contributed by atoms with van der Waals surface area (Å²) in [7, 11) is 0. The van der Waals surface area contributed by atoms with Gasteiger partial charge in [-0.3, -0.25) is 0 Å². The lowest BCUT2D eigenvalue weighted by Crippen LogP contribution is -1.81. The summed E-state index contributed by atoms with van der Waals surface area (Å²) in [4.78, 5) is 0. The number of hydrogen-bond acceptors (Lipinski definition) is 0. The van der Waals surface area contributed by atoms with Crippen molar-refractivity contribution >= 4 is 10.8 Å². The van der Waals surface area contributed by atoms with Crippen molar-refractivity contribution in [2.75, 3.05) is 0 Å². The second kappa shape index (κ2) is 4.79. The molecular weight excluding hydrogens is 180 g/mol. The Labute approximate surface area is 91.2 Å². The molecule has 75 valence electrons. The van der Waals surface area contributed by atoms with Gasteiger partial charge < -0.3 is 0 Å². The van der Waals surface area contributed by atoms with Crippen LogP contribution in [0, 0.1) is 6.42 Å². The average molecular weight is 195 g/mol. The molecule has 0 aliphatic rings. The second-order valence-electron chi connectivity index (χ2n) is 3.57. The molecule has 0 unspecified atom stereocenters. The third kappa shape index (κ3) is 2.27. The van der Waals surface area contributed by atoms with Crippen molar-refractivity contribution < 1.29 is 0 Å². The molecule has 0 aromatic heterocycles. The Morgan fingerprint density at radius 3 is 2.67 bits per heavy atom. The summed E-state index contributed by atoms with van der Waals surface area (Å²) in [6.07, 6.45) is 7.55. The van der Waals surface area contributed by atoms with Crippen LogP contribution in [-0.2, 0) is 0 Å². The van der Waals surface area contributed by atoms with Crippen molar-refractivity contribution in [2.24, 2.45) is 0 Å². The molecule has 2 aromatic rings. The van der Waals surface area contributed by atoms with E-state index < -0.39 is 0 Å². The number of hydrogen-bond donors (Lipinski definition) is 0. The summed E-state index contributed by atoms with van der Waals surface area (Å²) in [5.41, 5.74) is 1.29. The van der Waals surface area contributed by atoms with Crippen molar-refractivity contribution in [3.05, 3.63) is 66.6 Å². The van der Waals surface area contributed by atoms with Gasteiger partial charge in [0.2, 0.25) is 0 Å². The molecule has 0 spiro atoms. The molecule has 0 atom stereocenters. The minimum Gasteiger partial charge on any atom is -0.0882 e. The van der Waals surface area contributed by atoms with E-state index in [2.05, 4.69) is 68.0 Å². The van der Waals surface area contributed by atoms with Crippen LogP contribution in [0.5, 0.6) is 0 Å². The maximum Gasteiger partial charge on any atom is 0.0128 e. The van der Waals surface area contributed by atoms with E-state index in [0.29, 0.717) is 0 Å². The molecule has 0 heterocycles. The first kappa shape index (κ1) is 9.97. The van der Waals surface area contributed by atoms with E-state index in [1.54, 1.807) is 0 Å². The van der Waals surface area contributed by atoms with E-state index >= 15 is 0 Å². The predicted octanol–water partition coefficient (Wildman–Crippen LogP) is 4.36. The standard InChI is InChI=1S/C15H15/c1-2-3-4-8-13-10-7-11-14-9-5-6-12-15(13)14/h3-12H,2H2,1H3/b4-3+. The SMILES string of the molecule is CC/C=C/[CH]c1cccc2ccccc12. The zero-order valence-corrected chi connectivity index (χ0v) is 8.98. The molecule has 0 fully saturated rings. The molecule has 0 N–H and O–H groups in total. The van der Waals surface area contributed by atoms with Gasteiger partial charge in [-0.1, -0.05) is 61.5 Å². The Bertz CT molecular complexity index is 461. The van der Waals surface area contributed by atoms with Gasteiger partial charge in [-0.25, -0.2) is 0 Å². The predicted molar refractivity (Wildman–Crippen MR) is 66.8 cm³/mol. The van der Waals surface area contributed by atoms with Crippen LogP contribution in [0.4, 0.5) is 0 Å². The highest BCUT2D eigenvalue weighted by Gasteiger charge is 1.97. The van der Waals surface area contributed by atoms with Crippen molar-refractivity contribution in [1.82, 2.24) is 0 Å². The van der Waals surface area contributed by atoms with Crippen molar-refractivity contribution in [1.29, 1.82) is 0 Å². The summed E-state index contributed by atoms with van der Waals surface area (Å²) in [5.74, 6) is 0. The molecule has 0 aliphatic heterocycles. The fraction of sp³-hybridized carbons (Fsp3) is 0.133. The molecule has 0 heteroatoms. The number of allylic oxidation sites excluding steroid dienone is 2. The Hall–Kier alpha value is -1.56. The molecule has 0 saturated heterocycles. The molecule has 0 bridgehead atoms. The Balaban J connectivity index is 2.38. The van der Waals surface area contributed by atoms with E-state index in [1.807, 2.05) is 0 Å². The zero-order valence-electron chi connectivity index (χ0n) is 8.98. The smallest absolute Gasteiger partial charge is 0.0128 e. The van der Waals surface area contributed by atoms with Crippen LogP contribution in [0.25, 0.3) is 10.8 Å². The maximum absolute atomic E-state index is 2.17. The zero-order chi connectivity index (χ0) is 10.5. The molecule has 2 rings (SSSR count). The lowest BCUT2D eigenvalue weighted by Gasteiger charge is -2.02. The van der Waals surface area contributed by atoms with Gasteiger partial charge in [0.05, 0.1) is 0 Å². The van der Waals surface area contributed by atoms with Crippen molar-refractivity contribution in [2.45, 2.75) is 13.3 Å². The molecule has 1 radical (unpaired) electrons. The third-order valence-corrected chi connectivity index (χ3v) is 2.47. The van der Waals surface area contributed by atoms with E-state index in [4.69, 9.17) is 0 Å². The maximum atomic E-state index is 2.17. The highest BCUT2D eigenvalue weighted by Crippen LogP contribution is 2.19. The molecule has 0 nitrogen and oxygen atoms in total. The van der Waals surface area contributed by atoms with E-state index in [9.17, 15) is 0 Å². The lowest BCUT2D eigenvalue weighted by atomic mass is 10.0. The normalized spacial score (nSPS) is 11.3. The summed E-state index contributed by atoms with van der Waals surface area (Å²) in [6, 6.07) is 14.9. The summed E-state index contributed by atoms with van der Waals surface area (Å²) >= 11 is 0. The van der Waals surface area contributed by atoms with E-state index in [0.717, 1.165) is 6.42 Å². The number of fused-ring (bicyclic) bond motifs is 1. The van der Waals surface area contributed by atoms with E-state index in [1.165, 1.54) is 16.3 Å². The van der Waals surface area contributed by atoms with Gasteiger partial charge in [0, 0.05) is 6.42 Å². The van der Waals surface area contributed by atoms with Gasteiger partial charge in [-0.15, -0.1) is 0 Å². The fourth-order valence-electron chi connectivity index (χ4n) is 1.70. The van der Waals surface area contributed by atoms with Gasteiger partial charge in [0.1, 0.15) is 0 Å². The number of benzene rings is 2. The van der Waals surface area contributed by atoms with Gasteiger partial charge in [0.25, 0.3) is 0 Å². The lowest BCUT2D eigenvalue weighted by molar-refractivity contribution is 1.22. The highest BCUT2D eigenvalue weighted by molar-refractivity contribution is 5.86. The van der Waals surface area contributed by atoms with Crippen LogP contribution < -0.4 is 0 Å². The van der Waals surface area contributed by atoms with Crippen LogP contribution in [0.15, 0.2) is 54.6 Å². The minimum atomic E-state index is 1.08. The van der Waals surface area contributed by atoms with Crippen LogP contribution in [-0.4, -0.2) is 0 Å². The molecule has 15 heavy (non-hydrogen) atoms. The minimum absolute atomic E-state index is 1.08. The Morgan fingerprint density at radius 1 is 1.00 bits per heavy atom. The molecule has 2 aromatic carbocycles. The second-order valence-corrected chi connectivity index (χ2v) is 3.57. The van der Waals surface area contributed by atoms with Crippen LogP contribution in [0.1, 0.15) is 18.9 Å². The fourth-order valence-corrected chi connectivity index (χ4v) is 1.70. The van der Waals surface area contributed by atoms with Crippen LogP contribution >= 0.6 is 0 Å². The quantitative estimate of drug-likeness (QED) is 0.682. The first-order valence-electron chi connectivity index (χ1n) is 5.39. The average Bonchev–Trinajstić information content (AvgIpc) is 2.30.